The van der Waals surface area contributed by atoms with Crippen LogP contribution in [-0.4, -0.2) is 32.1 Å². The van der Waals surface area contributed by atoms with Crippen LogP contribution in [0.5, 0.6) is 0 Å². The van der Waals surface area contributed by atoms with Crippen molar-refractivity contribution in [3.8, 4) is 11.4 Å². The zero-order chi connectivity index (χ0) is 20.8. The van der Waals surface area contributed by atoms with Gasteiger partial charge in [0, 0.05) is 35.8 Å². The fourth-order valence-electron chi connectivity index (χ4n) is 3.90. The molecular weight excluding hydrogens is 406 g/mol. The average molecular weight is 424 g/mol. The highest BCUT2D eigenvalue weighted by Crippen LogP contribution is 2.33. The molecule has 5 rings (SSSR count). The molecule has 0 saturated carbocycles. The molecule has 1 aliphatic heterocycles. The lowest BCUT2D eigenvalue weighted by Crippen LogP contribution is -2.24. The van der Waals surface area contributed by atoms with Crippen LogP contribution in [-0.2, 0) is 11.3 Å². The molecule has 30 heavy (non-hydrogen) atoms. The third-order valence-electron chi connectivity index (χ3n) is 5.38. The molecule has 0 unspecified atom stereocenters. The number of benzene rings is 2. The molecule has 1 saturated heterocycles. The highest BCUT2D eigenvalue weighted by atomic mass is 35.5. The SMILES string of the molecule is CCn1c(=O)[nH]c2cc(-c3noc([C@H]4CC(=O)N(c5cccc(Cl)c5)C4)n3)ccc21. The summed E-state index contributed by atoms with van der Waals surface area (Å²) in [6.45, 7) is 2.96. The number of halogens is 1. The molecule has 9 heteroatoms. The second kappa shape index (κ2) is 7.14. The second-order valence-corrected chi connectivity index (χ2v) is 7.68. The normalized spacial score (nSPS) is 16.7. The Balaban J connectivity index is 1.41. The monoisotopic (exact) mass is 423 g/mol. The van der Waals surface area contributed by atoms with Crippen molar-refractivity contribution in [1.82, 2.24) is 19.7 Å². The van der Waals surface area contributed by atoms with Gasteiger partial charge in [-0.3, -0.25) is 9.36 Å². The fraction of sp³-hybridized carbons (Fsp3) is 0.238. The zero-order valence-electron chi connectivity index (χ0n) is 16.1. The molecule has 2 aromatic carbocycles. The number of aromatic amines is 1. The maximum atomic E-state index is 12.5. The Bertz CT molecular complexity index is 1320. The number of carbonyl (C=O) groups excluding carboxylic acids is 1. The number of anilines is 1. The molecule has 1 fully saturated rings. The molecule has 1 amide bonds. The summed E-state index contributed by atoms with van der Waals surface area (Å²) in [5, 5.41) is 4.67. The highest BCUT2D eigenvalue weighted by Gasteiger charge is 2.35. The third kappa shape index (κ3) is 3.09. The molecule has 1 aliphatic rings. The van der Waals surface area contributed by atoms with Crippen molar-refractivity contribution >= 4 is 34.2 Å². The van der Waals surface area contributed by atoms with Crippen LogP contribution < -0.4 is 10.6 Å². The van der Waals surface area contributed by atoms with Gasteiger partial charge in [0.2, 0.25) is 17.6 Å². The minimum atomic E-state index is -0.192. The van der Waals surface area contributed by atoms with Crippen LogP contribution in [0.15, 0.2) is 51.8 Å². The maximum Gasteiger partial charge on any atom is 0.326 e. The van der Waals surface area contributed by atoms with E-state index >= 15 is 0 Å². The standard InChI is InChI=1S/C21H18ClN5O3/c1-2-26-17-7-6-12(8-16(17)23-21(26)29)19-24-20(30-25-19)13-9-18(28)27(11-13)15-5-3-4-14(22)10-15/h3-8,10,13H,2,9,11H2,1H3,(H,23,29)/t13-/m0/s1. The van der Waals surface area contributed by atoms with E-state index in [9.17, 15) is 9.59 Å². The number of imidazole rings is 1. The molecule has 0 spiro atoms. The molecule has 0 radical (unpaired) electrons. The van der Waals surface area contributed by atoms with Crippen LogP contribution in [0.4, 0.5) is 5.69 Å². The number of aryl methyl sites for hydroxylation is 1. The number of nitrogens with one attached hydrogen (secondary N) is 1. The van der Waals surface area contributed by atoms with Crippen LogP contribution in [0.25, 0.3) is 22.4 Å². The number of aromatic nitrogens is 4. The van der Waals surface area contributed by atoms with Gasteiger partial charge in [0.25, 0.3) is 0 Å². The predicted octanol–water partition coefficient (Wildman–Crippen LogP) is 3.57. The van der Waals surface area contributed by atoms with E-state index in [0.29, 0.717) is 41.8 Å². The Kier molecular flexibility index (Phi) is 4.43. The van der Waals surface area contributed by atoms with E-state index in [1.807, 2.05) is 37.3 Å². The summed E-state index contributed by atoms with van der Waals surface area (Å²) in [6, 6.07) is 12.7. The Hall–Kier alpha value is -3.39. The first kappa shape index (κ1) is 18.6. The van der Waals surface area contributed by atoms with Gasteiger partial charge in [-0.05, 0) is 43.3 Å². The molecule has 0 bridgehead atoms. The van der Waals surface area contributed by atoms with Crippen LogP contribution in [0.1, 0.15) is 25.2 Å². The van der Waals surface area contributed by atoms with Gasteiger partial charge in [0.05, 0.1) is 17.0 Å². The van der Waals surface area contributed by atoms with Gasteiger partial charge in [-0.2, -0.15) is 4.98 Å². The van der Waals surface area contributed by atoms with Gasteiger partial charge in [-0.1, -0.05) is 22.8 Å². The summed E-state index contributed by atoms with van der Waals surface area (Å²) >= 11 is 6.06. The van der Waals surface area contributed by atoms with Crippen LogP contribution >= 0.6 is 11.6 Å². The van der Waals surface area contributed by atoms with E-state index < -0.39 is 0 Å². The lowest BCUT2D eigenvalue weighted by Gasteiger charge is -2.16. The molecular formula is C21H18ClN5O3. The number of hydrogen-bond donors (Lipinski definition) is 1. The van der Waals surface area contributed by atoms with Crippen molar-refractivity contribution < 1.29 is 9.32 Å². The van der Waals surface area contributed by atoms with Crippen molar-refractivity contribution in [2.75, 3.05) is 11.4 Å². The van der Waals surface area contributed by atoms with E-state index in [4.69, 9.17) is 16.1 Å². The minimum absolute atomic E-state index is 0.0121. The van der Waals surface area contributed by atoms with Crippen molar-refractivity contribution in [2.45, 2.75) is 25.8 Å². The number of carbonyl (C=O) groups is 1. The predicted molar refractivity (Wildman–Crippen MR) is 113 cm³/mol. The summed E-state index contributed by atoms with van der Waals surface area (Å²) in [6.07, 6.45) is 0.292. The first-order valence-electron chi connectivity index (χ1n) is 9.66. The van der Waals surface area contributed by atoms with E-state index in [2.05, 4.69) is 15.1 Å². The second-order valence-electron chi connectivity index (χ2n) is 7.25. The van der Waals surface area contributed by atoms with Gasteiger partial charge in [0.15, 0.2) is 0 Å². The quantitative estimate of drug-likeness (QED) is 0.541. The number of amides is 1. The number of fused-ring (bicyclic) bond motifs is 1. The van der Waals surface area contributed by atoms with E-state index in [1.54, 1.807) is 21.6 Å². The first-order valence-corrected chi connectivity index (χ1v) is 10.0. The topological polar surface area (TPSA) is 97.0 Å². The van der Waals surface area contributed by atoms with Crippen molar-refractivity contribution in [3.63, 3.8) is 0 Å². The summed E-state index contributed by atoms with van der Waals surface area (Å²) < 4.78 is 7.14. The van der Waals surface area contributed by atoms with E-state index in [0.717, 1.165) is 16.8 Å². The van der Waals surface area contributed by atoms with Gasteiger partial charge in [-0.15, -0.1) is 0 Å². The molecule has 152 valence electrons. The zero-order valence-corrected chi connectivity index (χ0v) is 16.9. The Morgan fingerprint density at radius 3 is 2.90 bits per heavy atom. The number of hydrogen-bond acceptors (Lipinski definition) is 5. The lowest BCUT2D eigenvalue weighted by atomic mass is 10.1. The van der Waals surface area contributed by atoms with Crippen molar-refractivity contribution in [1.29, 1.82) is 0 Å². The fourth-order valence-corrected chi connectivity index (χ4v) is 4.09. The summed E-state index contributed by atoms with van der Waals surface area (Å²) in [7, 11) is 0. The molecule has 2 aromatic heterocycles. The van der Waals surface area contributed by atoms with Crippen LogP contribution in [0.2, 0.25) is 5.02 Å². The molecule has 1 atom stereocenters. The Labute approximate surface area is 176 Å². The third-order valence-corrected chi connectivity index (χ3v) is 5.62. The lowest BCUT2D eigenvalue weighted by molar-refractivity contribution is -0.117. The molecule has 1 N–H and O–H groups in total. The average Bonchev–Trinajstić information content (AvgIpc) is 3.43. The molecule has 8 nitrogen and oxygen atoms in total. The first-order chi connectivity index (χ1) is 14.5. The Morgan fingerprint density at radius 1 is 1.23 bits per heavy atom. The molecule has 4 aromatic rings. The maximum absolute atomic E-state index is 12.5. The van der Waals surface area contributed by atoms with Crippen LogP contribution in [0.3, 0.4) is 0 Å². The Morgan fingerprint density at radius 2 is 2.10 bits per heavy atom. The molecule has 0 aliphatic carbocycles. The summed E-state index contributed by atoms with van der Waals surface area (Å²) in [5.41, 5.74) is 2.88. The van der Waals surface area contributed by atoms with Gasteiger partial charge >= 0.3 is 5.69 Å². The number of nitrogens with zero attached hydrogens (tertiary/aromatic N) is 4. The molecule has 3 heterocycles. The number of H-pyrrole nitrogens is 1. The largest absolute Gasteiger partial charge is 0.339 e. The van der Waals surface area contributed by atoms with Gasteiger partial charge < -0.3 is 14.4 Å². The van der Waals surface area contributed by atoms with Crippen molar-refractivity contribution in [2.24, 2.45) is 0 Å². The highest BCUT2D eigenvalue weighted by molar-refractivity contribution is 6.30. The minimum Gasteiger partial charge on any atom is -0.339 e. The smallest absolute Gasteiger partial charge is 0.326 e. The van der Waals surface area contributed by atoms with Crippen molar-refractivity contribution in [3.05, 3.63) is 63.9 Å². The summed E-state index contributed by atoms with van der Waals surface area (Å²) in [5.74, 6) is 0.637. The van der Waals surface area contributed by atoms with Gasteiger partial charge in [-0.25, -0.2) is 4.79 Å². The van der Waals surface area contributed by atoms with E-state index in [1.165, 1.54) is 0 Å². The number of rotatable bonds is 4. The van der Waals surface area contributed by atoms with E-state index in [-0.39, 0.29) is 17.5 Å². The summed E-state index contributed by atoms with van der Waals surface area (Å²) in [4.78, 5) is 33.6. The van der Waals surface area contributed by atoms with Crippen LogP contribution in [0, 0.1) is 0 Å². The van der Waals surface area contributed by atoms with Gasteiger partial charge in [0.1, 0.15) is 0 Å².